The van der Waals surface area contributed by atoms with E-state index in [9.17, 15) is 0 Å². The van der Waals surface area contributed by atoms with Crippen LogP contribution in [0.4, 0.5) is 0 Å². The van der Waals surface area contributed by atoms with Crippen LogP contribution in [0.1, 0.15) is 32.8 Å². The van der Waals surface area contributed by atoms with Gasteiger partial charge in [0.1, 0.15) is 5.75 Å². The number of methoxy groups -OCH3 is 1. The van der Waals surface area contributed by atoms with E-state index in [4.69, 9.17) is 4.74 Å². The zero-order valence-electron chi connectivity index (χ0n) is 13.1. The molecule has 2 nitrogen and oxygen atoms in total. The zero-order valence-corrected chi connectivity index (χ0v) is 13.9. The molecule has 0 bridgehead atoms. The monoisotopic (exact) mass is 293 g/mol. The second kappa shape index (κ2) is 6.86. The van der Waals surface area contributed by atoms with Crippen LogP contribution in [0.25, 0.3) is 0 Å². The van der Waals surface area contributed by atoms with Crippen LogP contribution in [0.15, 0.2) is 24.3 Å². The normalized spacial score (nSPS) is 23.3. The van der Waals surface area contributed by atoms with E-state index in [1.807, 2.05) is 12.1 Å². The summed E-state index contributed by atoms with van der Waals surface area (Å²) in [5.74, 6) is 3.52. The maximum Gasteiger partial charge on any atom is 0.122 e. The summed E-state index contributed by atoms with van der Waals surface area (Å²) in [6.07, 6.45) is 2.32. The number of thioether (sulfide) groups is 1. The van der Waals surface area contributed by atoms with E-state index < -0.39 is 0 Å². The van der Waals surface area contributed by atoms with Gasteiger partial charge in [-0.15, -0.1) is 0 Å². The van der Waals surface area contributed by atoms with Crippen molar-refractivity contribution in [2.75, 3.05) is 18.6 Å². The molecule has 0 aromatic heterocycles. The van der Waals surface area contributed by atoms with Crippen LogP contribution in [0.2, 0.25) is 0 Å². The summed E-state index contributed by atoms with van der Waals surface area (Å²) in [5.41, 5.74) is 1.69. The fraction of sp³-hybridized carbons (Fsp3) is 0.647. The molecule has 3 heteroatoms. The Hall–Kier alpha value is -0.670. The minimum absolute atomic E-state index is 0.403. The first-order chi connectivity index (χ1) is 9.53. The molecule has 1 aromatic carbocycles. The summed E-state index contributed by atoms with van der Waals surface area (Å²) >= 11 is 2.07. The minimum atomic E-state index is 0.403. The minimum Gasteiger partial charge on any atom is -0.496 e. The Bertz CT molecular complexity index is 433. The smallest absolute Gasteiger partial charge is 0.122 e. The van der Waals surface area contributed by atoms with Gasteiger partial charge in [-0.2, -0.15) is 11.8 Å². The molecule has 1 fully saturated rings. The highest BCUT2D eigenvalue weighted by molar-refractivity contribution is 7.99. The lowest BCUT2D eigenvalue weighted by atomic mass is 9.82. The standard InChI is InChI=1S/C17H27NOS/c1-13(11-14-7-5-6-8-15(14)19-4)18-16-12-20-10-9-17(16,2)3/h5-8,13,16,18H,9-12H2,1-4H3. The molecule has 1 aliphatic heterocycles. The van der Waals surface area contributed by atoms with Gasteiger partial charge in [0.25, 0.3) is 0 Å². The van der Waals surface area contributed by atoms with Crippen molar-refractivity contribution in [1.29, 1.82) is 0 Å². The Labute approximate surface area is 127 Å². The number of ether oxygens (including phenoxy) is 1. The van der Waals surface area contributed by atoms with Gasteiger partial charge < -0.3 is 10.1 Å². The highest BCUT2D eigenvalue weighted by atomic mass is 32.2. The Kier molecular flexibility index (Phi) is 5.39. The molecule has 2 rings (SSSR count). The van der Waals surface area contributed by atoms with Crippen LogP contribution < -0.4 is 10.1 Å². The molecule has 20 heavy (non-hydrogen) atoms. The van der Waals surface area contributed by atoms with Crippen LogP contribution in [0, 0.1) is 5.41 Å². The van der Waals surface area contributed by atoms with E-state index in [-0.39, 0.29) is 0 Å². The molecule has 1 heterocycles. The molecule has 1 N–H and O–H groups in total. The molecule has 0 spiro atoms. The third-order valence-corrected chi connectivity index (χ3v) is 5.38. The van der Waals surface area contributed by atoms with Crippen LogP contribution in [-0.2, 0) is 6.42 Å². The summed E-state index contributed by atoms with van der Waals surface area (Å²) in [5, 5.41) is 3.83. The van der Waals surface area contributed by atoms with Gasteiger partial charge >= 0.3 is 0 Å². The zero-order chi connectivity index (χ0) is 14.6. The lowest BCUT2D eigenvalue weighted by Gasteiger charge is -2.40. The van der Waals surface area contributed by atoms with E-state index in [2.05, 4.69) is 50.0 Å². The van der Waals surface area contributed by atoms with E-state index in [1.54, 1.807) is 7.11 Å². The summed E-state index contributed by atoms with van der Waals surface area (Å²) in [6.45, 7) is 7.06. The van der Waals surface area contributed by atoms with Crippen LogP contribution in [0.5, 0.6) is 5.75 Å². The number of para-hydroxylation sites is 1. The van der Waals surface area contributed by atoms with Gasteiger partial charge in [0.15, 0.2) is 0 Å². The van der Waals surface area contributed by atoms with Crippen LogP contribution in [0.3, 0.4) is 0 Å². The molecule has 0 saturated carbocycles. The summed E-state index contributed by atoms with van der Waals surface area (Å²) in [6, 6.07) is 9.40. The number of hydrogen-bond acceptors (Lipinski definition) is 3. The van der Waals surface area contributed by atoms with Gasteiger partial charge in [-0.25, -0.2) is 0 Å². The Morgan fingerprint density at radius 3 is 2.85 bits per heavy atom. The molecule has 1 aromatic rings. The Balaban J connectivity index is 1.96. The molecular weight excluding hydrogens is 266 g/mol. The number of nitrogens with one attached hydrogen (secondary N) is 1. The summed E-state index contributed by atoms with van der Waals surface area (Å²) in [4.78, 5) is 0. The average Bonchev–Trinajstić information content (AvgIpc) is 2.42. The quantitative estimate of drug-likeness (QED) is 0.893. The lowest BCUT2D eigenvalue weighted by Crippen LogP contribution is -2.50. The van der Waals surface area contributed by atoms with Crippen LogP contribution in [-0.4, -0.2) is 30.7 Å². The van der Waals surface area contributed by atoms with Gasteiger partial charge in [-0.3, -0.25) is 0 Å². The van der Waals surface area contributed by atoms with E-state index in [0.29, 0.717) is 17.5 Å². The summed E-state index contributed by atoms with van der Waals surface area (Å²) in [7, 11) is 1.75. The molecule has 112 valence electrons. The highest BCUT2D eigenvalue weighted by Crippen LogP contribution is 2.34. The first kappa shape index (κ1) is 15.7. The fourth-order valence-corrected chi connectivity index (χ4v) is 4.43. The molecule has 1 aliphatic rings. The van der Waals surface area contributed by atoms with Crippen molar-refractivity contribution in [3.63, 3.8) is 0 Å². The fourth-order valence-electron chi connectivity index (χ4n) is 2.81. The summed E-state index contributed by atoms with van der Waals surface area (Å²) < 4.78 is 5.45. The van der Waals surface area contributed by atoms with Crippen molar-refractivity contribution in [2.45, 2.75) is 45.7 Å². The van der Waals surface area contributed by atoms with Gasteiger partial charge in [0, 0.05) is 17.8 Å². The third-order valence-electron chi connectivity index (χ3n) is 4.32. The SMILES string of the molecule is COc1ccccc1CC(C)NC1CSCCC1(C)C. The van der Waals surface area contributed by atoms with E-state index in [1.165, 1.54) is 23.5 Å². The maximum atomic E-state index is 5.45. The highest BCUT2D eigenvalue weighted by Gasteiger charge is 2.33. The number of hydrogen-bond donors (Lipinski definition) is 1. The van der Waals surface area contributed by atoms with Crippen molar-refractivity contribution in [2.24, 2.45) is 5.41 Å². The molecule has 0 amide bonds. The van der Waals surface area contributed by atoms with Crippen molar-refractivity contribution in [1.82, 2.24) is 5.32 Å². The van der Waals surface area contributed by atoms with E-state index >= 15 is 0 Å². The Morgan fingerprint density at radius 2 is 2.15 bits per heavy atom. The van der Waals surface area contributed by atoms with Crippen molar-refractivity contribution in [3.05, 3.63) is 29.8 Å². The maximum absolute atomic E-state index is 5.45. The topological polar surface area (TPSA) is 21.3 Å². The van der Waals surface area contributed by atoms with E-state index in [0.717, 1.165) is 12.2 Å². The van der Waals surface area contributed by atoms with Gasteiger partial charge in [-0.05, 0) is 42.6 Å². The molecule has 2 atom stereocenters. The first-order valence-corrected chi connectivity index (χ1v) is 8.64. The second-order valence-electron chi connectivity index (χ2n) is 6.45. The molecule has 0 radical (unpaired) electrons. The number of rotatable bonds is 5. The second-order valence-corrected chi connectivity index (χ2v) is 7.60. The molecule has 0 aliphatic carbocycles. The van der Waals surface area contributed by atoms with Gasteiger partial charge in [-0.1, -0.05) is 32.0 Å². The predicted octanol–water partition coefficient (Wildman–Crippen LogP) is 3.75. The third kappa shape index (κ3) is 3.92. The molecular formula is C17H27NOS. The first-order valence-electron chi connectivity index (χ1n) is 7.48. The Morgan fingerprint density at radius 1 is 1.40 bits per heavy atom. The largest absolute Gasteiger partial charge is 0.496 e. The molecule has 2 unspecified atom stereocenters. The average molecular weight is 293 g/mol. The number of benzene rings is 1. The molecule has 1 saturated heterocycles. The van der Waals surface area contributed by atoms with Crippen molar-refractivity contribution >= 4 is 11.8 Å². The van der Waals surface area contributed by atoms with Crippen molar-refractivity contribution in [3.8, 4) is 5.75 Å². The predicted molar refractivity (Wildman–Crippen MR) is 88.8 cm³/mol. The van der Waals surface area contributed by atoms with Gasteiger partial charge in [0.05, 0.1) is 7.11 Å². The van der Waals surface area contributed by atoms with Crippen molar-refractivity contribution < 1.29 is 4.74 Å². The lowest BCUT2D eigenvalue weighted by molar-refractivity contribution is 0.230. The van der Waals surface area contributed by atoms with Gasteiger partial charge in [0.2, 0.25) is 0 Å². The van der Waals surface area contributed by atoms with Crippen LogP contribution >= 0.6 is 11.8 Å².